The molecule has 1 aliphatic rings. The van der Waals surface area contributed by atoms with Crippen LogP contribution < -0.4 is 10.6 Å². The van der Waals surface area contributed by atoms with Gasteiger partial charge in [-0.3, -0.25) is 9.59 Å². The minimum Gasteiger partial charge on any atom is -0.356 e. The van der Waals surface area contributed by atoms with E-state index in [2.05, 4.69) is 10.6 Å². The number of benzene rings is 1. The van der Waals surface area contributed by atoms with Gasteiger partial charge in [0.1, 0.15) is 5.82 Å². The normalized spacial score (nSPS) is 17.8. The summed E-state index contributed by atoms with van der Waals surface area (Å²) in [6.07, 6.45) is 2.49. The number of halogens is 1. The molecule has 1 heterocycles. The van der Waals surface area contributed by atoms with Crippen LogP contribution in [0.15, 0.2) is 24.3 Å². The minimum absolute atomic E-state index is 0.0118. The Balaban J connectivity index is 1.88. The summed E-state index contributed by atoms with van der Waals surface area (Å²) in [4.78, 5) is 26.3. The van der Waals surface area contributed by atoms with Crippen LogP contribution in [0.2, 0.25) is 0 Å². The summed E-state index contributed by atoms with van der Waals surface area (Å²) in [5.41, 5.74) is 0.460. The van der Waals surface area contributed by atoms with Crippen molar-refractivity contribution < 1.29 is 14.0 Å². The molecule has 0 saturated carbocycles. The van der Waals surface area contributed by atoms with Gasteiger partial charge in [-0.05, 0) is 57.1 Å². The molecule has 1 aromatic carbocycles. The molecule has 0 bridgehead atoms. The first-order chi connectivity index (χ1) is 11.1. The molecule has 2 N–H and O–H groups in total. The molecule has 0 aliphatic carbocycles. The lowest BCUT2D eigenvalue weighted by Crippen LogP contribution is -2.45. The Hall–Kier alpha value is -1.95. The molecule has 2 amide bonds. The number of carbonyl (C=O) groups is 2. The highest BCUT2D eigenvalue weighted by Crippen LogP contribution is 2.19. The standard InChI is InChI=1S/C17H24FN3O2/c1-19-9-3-10-20-16(22)14-4-2-11-21(12-14)17(23)13-5-7-15(18)8-6-13/h5-8,14,19H,2-4,9-12H2,1H3,(H,20,22). The van der Waals surface area contributed by atoms with Gasteiger partial charge in [-0.15, -0.1) is 0 Å². The van der Waals surface area contributed by atoms with Crippen LogP contribution in [0.4, 0.5) is 4.39 Å². The summed E-state index contributed by atoms with van der Waals surface area (Å²) in [7, 11) is 1.88. The number of likely N-dealkylation sites (tertiary alicyclic amines) is 1. The first kappa shape index (κ1) is 17.4. The molecule has 0 aromatic heterocycles. The van der Waals surface area contributed by atoms with Gasteiger partial charge < -0.3 is 15.5 Å². The van der Waals surface area contributed by atoms with Crippen molar-refractivity contribution in [3.05, 3.63) is 35.6 Å². The Morgan fingerprint density at radius 3 is 2.70 bits per heavy atom. The minimum atomic E-state index is -0.362. The van der Waals surface area contributed by atoms with Crippen LogP contribution in [0, 0.1) is 11.7 Å². The van der Waals surface area contributed by atoms with Crippen LogP contribution in [-0.4, -0.2) is 49.9 Å². The second-order valence-corrected chi connectivity index (χ2v) is 5.85. The van der Waals surface area contributed by atoms with Crippen LogP contribution in [0.25, 0.3) is 0 Å². The number of rotatable bonds is 6. The van der Waals surface area contributed by atoms with Gasteiger partial charge in [0.05, 0.1) is 5.92 Å². The predicted molar refractivity (Wildman–Crippen MR) is 86.6 cm³/mol. The van der Waals surface area contributed by atoms with Gasteiger partial charge in [0.2, 0.25) is 5.91 Å². The van der Waals surface area contributed by atoms with Crippen molar-refractivity contribution in [3.8, 4) is 0 Å². The lowest BCUT2D eigenvalue weighted by molar-refractivity contribution is -0.126. The van der Waals surface area contributed by atoms with Gasteiger partial charge >= 0.3 is 0 Å². The van der Waals surface area contributed by atoms with E-state index in [1.165, 1.54) is 24.3 Å². The van der Waals surface area contributed by atoms with E-state index in [9.17, 15) is 14.0 Å². The van der Waals surface area contributed by atoms with Gasteiger partial charge in [0.25, 0.3) is 5.91 Å². The summed E-state index contributed by atoms with van der Waals surface area (Å²) in [5, 5.41) is 5.96. The van der Waals surface area contributed by atoms with E-state index in [0.717, 1.165) is 25.8 Å². The van der Waals surface area contributed by atoms with Crippen LogP contribution in [0.3, 0.4) is 0 Å². The summed E-state index contributed by atoms with van der Waals surface area (Å²) in [5.74, 6) is -0.655. The molecule has 126 valence electrons. The number of amides is 2. The highest BCUT2D eigenvalue weighted by molar-refractivity contribution is 5.94. The highest BCUT2D eigenvalue weighted by atomic mass is 19.1. The average molecular weight is 321 g/mol. The average Bonchev–Trinajstić information content (AvgIpc) is 2.59. The molecule has 23 heavy (non-hydrogen) atoms. The SMILES string of the molecule is CNCCCNC(=O)C1CCCN(C(=O)c2ccc(F)cc2)C1. The summed E-state index contributed by atoms with van der Waals surface area (Å²) in [6.45, 7) is 2.57. The fraction of sp³-hybridized carbons (Fsp3) is 0.529. The van der Waals surface area contributed by atoms with Crippen molar-refractivity contribution in [2.45, 2.75) is 19.3 Å². The third kappa shape index (κ3) is 5.03. The molecular weight excluding hydrogens is 297 g/mol. The van der Waals surface area contributed by atoms with Gasteiger partial charge in [-0.2, -0.15) is 0 Å². The van der Waals surface area contributed by atoms with Crippen molar-refractivity contribution in [1.29, 1.82) is 0 Å². The number of piperidine rings is 1. The fourth-order valence-corrected chi connectivity index (χ4v) is 2.77. The first-order valence-electron chi connectivity index (χ1n) is 8.09. The zero-order chi connectivity index (χ0) is 16.7. The third-order valence-corrected chi connectivity index (χ3v) is 4.07. The van der Waals surface area contributed by atoms with E-state index in [4.69, 9.17) is 0 Å². The number of nitrogens with zero attached hydrogens (tertiary/aromatic N) is 1. The molecule has 1 aliphatic heterocycles. The molecular formula is C17H24FN3O2. The number of nitrogens with one attached hydrogen (secondary N) is 2. The van der Waals surface area contributed by atoms with E-state index in [-0.39, 0.29) is 23.5 Å². The smallest absolute Gasteiger partial charge is 0.253 e. The molecule has 5 nitrogen and oxygen atoms in total. The Bertz CT molecular complexity index is 533. The molecule has 2 rings (SSSR count). The Kier molecular flexibility index (Phi) is 6.52. The predicted octanol–water partition coefficient (Wildman–Crippen LogP) is 1.40. The van der Waals surface area contributed by atoms with Gasteiger partial charge in [-0.25, -0.2) is 4.39 Å². The zero-order valence-corrected chi connectivity index (χ0v) is 13.5. The lowest BCUT2D eigenvalue weighted by atomic mass is 9.96. The first-order valence-corrected chi connectivity index (χ1v) is 8.09. The highest BCUT2D eigenvalue weighted by Gasteiger charge is 2.28. The van der Waals surface area contributed by atoms with Crippen molar-refractivity contribution in [3.63, 3.8) is 0 Å². The maximum absolute atomic E-state index is 13.0. The number of hydrogen-bond donors (Lipinski definition) is 2. The maximum Gasteiger partial charge on any atom is 0.253 e. The van der Waals surface area contributed by atoms with Crippen molar-refractivity contribution in [2.24, 2.45) is 5.92 Å². The van der Waals surface area contributed by atoms with Gasteiger partial charge in [0.15, 0.2) is 0 Å². The van der Waals surface area contributed by atoms with Gasteiger partial charge in [0, 0.05) is 25.2 Å². The fourth-order valence-electron chi connectivity index (χ4n) is 2.77. The Labute approximate surface area is 136 Å². The number of carbonyl (C=O) groups excluding carboxylic acids is 2. The van der Waals surface area contributed by atoms with E-state index >= 15 is 0 Å². The van der Waals surface area contributed by atoms with E-state index < -0.39 is 0 Å². The lowest BCUT2D eigenvalue weighted by Gasteiger charge is -2.32. The second-order valence-electron chi connectivity index (χ2n) is 5.85. The van der Waals surface area contributed by atoms with Crippen LogP contribution in [0.1, 0.15) is 29.6 Å². The molecule has 1 aromatic rings. The summed E-state index contributed by atoms with van der Waals surface area (Å²) in [6, 6.07) is 5.53. The second kappa shape index (κ2) is 8.62. The monoisotopic (exact) mass is 321 g/mol. The molecule has 6 heteroatoms. The molecule has 1 unspecified atom stereocenters. The molecule has 0 radical (unpaired) electrons. The summed E-state index contributed by atoms with van der Waals surface area (Å²) >= 11 is 0. The molecule has 1 saturated heterocycles. The zero-order valence-electron chi connectivity index (χ0n) is 13.5. The Morgan fingerprint density at radius 2 is 2.00 bits per heavy atom. The van der Waals surface area contributed by atoms with Crippen molar-refractivity contribution in [1.82, 2.24) is 15.5 Å². The number of hydrogen-bond acceptors (Lipinski definition) is 3. The largest absolute Gasteiger partial charge is 0.356 e. The van der Waals surface area contributed by atoms with E-state index in [0.29, 0.717) is 25.2 Å². The third-order valence-electron chi connectivity index (χ3n) is 4.07. The van der Waals surface area contributed by atoms with Crippen LogP contribution in [-0.2, 0) is 4.79 Å². The topological polar surface area (TPSA) is 61.4 Å². The molecule has 0 spiro atoms. The van der Waals surface area contributed by atoms with Crippen LogP contribution in [0.5, 0.6) is 0 Å². The van der Waals surface area contributed by atoms with Crippen LogP contribution >= 0.6 is 0 Å². The van der Waals surface area contributed by atoms with Crippen molar-refractivity contribution in [2.75, 3.05) is 33.2 Å². The maximum atomic E-state index is 13.0. The van der Waals surface area contributed by atoms with E-state index in [1.54, 1.807) is 4.90 Å². The molecule has 1 atom stereocenters. The van der Waals surface area contributed by atoms with Crippen molar-refractivity contribution >= 4 is 11.8 Å². The summed E-state index contributed by atoms with van der Waals surface area (Å²) < 4.78 is 13.0. The molecule has 1 fully saturated rings. The van der Waals surface area contributed by atoms with E-state index in [1.807, 2.05) is 7.05 Å². The quantitative estimate of drug-likeness (QED) is 0.779. The van der Waals surface area contributed by atoms with Gasteiger partial charge in [-0.1, -0.05) is 0 Å². The Morgan fingerprint density at radius 1 is 1.26 bits per heavy atom.